The third-order valence-electron chi connectivity index (χ3n) is 6.41. The van der Waals surface area contributed by atoms with Gasteiger partial charge in [-0.3, -0.25) is 9.59 Å². The molecule has 0 fully saturated rings. The van der Waals surface area contributed by atoms with Crippen molar-refractivity contribution < 1.29 is 19.4 Å². The molecule has 34 heavy (non-hydrogen) atoms. The SMILES string of the molecule is C=CCOC(=O)C(CCCC/C=C/CCCCCCCCCCCCCCCCC)CC(=O)O. The van der Waals surface area contributed by atoms with E-state index in [0.29, 0.717) is 6.42 Å². The third kappa shape index (κ3) is 23.6. The number of carbonyl (C=O) groups excluding carboxylic acids is 1. The predicted octanol–water partition coefficient (Wildman–Crippen LogP) is 9.18. The highest BCUT2D eigenvalue weighted by atomic mass is 16.5. The second-order valence-electron chi connectivity index (χ2n) is 9.71. The van der Waals surface area contributed by atoms with E-state index in [0.717, 1.165) is 25.7 Å². The van der Waals surface area contributed by atoms with Crippen LogP contribution in [0.5, 0.6) is 0 Å². The van der Waals surface area contributed by atoms with E-state index in [2.05, 4.69) is 25.7 Å². The second-order valence-corrected chi connectivity index (χ2v) is 9.71. The maximum atomic E-state index is 11.9. The quantitative estimate of drug-likeness (QED) is 0.0764. The van der Waals surface area contributed by atoms with Gasteiger partial charge in [-0.15, -0.1) is 0 Å². The molecule has 0 saturated heterocycles. The highest BCUT2D eigenvalue weighted by Gasteiger charge is 2.22. The van der Waals surface area contributed by atoms with Crippen LogP contribution in [0.2, 0.25) is 0 Å². The van der Waals surface area contributed by atoms with E-state index < -0.39 is 17.9 Å². The number of hydrogen-bond acceptors (Lipinski definition) is 3. The lowest BCUT2D eigenvalue weighted by Gasteiger charge is -2.13. The molecule has 0 aromatic rings. The molecule has 0 radical (unpaired) electrons. The molecule has 4 nitrogen and oxygen atoms in total. The van der Waals surface area contributed by atoms with Crippen molar-refractivity contribution in [1.29, 1.82) is 0 Å². The number of carboxylic acids is 1. The van der Waals surface area contributed by atoms with Gasteiger partial charge in [-0.25, -0.2) is 0 Å². The lowest BCUT2D eigenvalue weighted by molar-refractivity contribution is -0.152. The second kappa shape index (κ2) is 26.0. The van der Waals surface area contributed by atoms with Gasteiger partial charge in [0.1, 0.15) is 6.61 Å². The van der Waals surface area contributed by atoms with Crippen molar-refractivity contribution in [2.24, 2.45) is 5.92 Å². The van der Waals surface area contributed by atoms with Crippen LogP contribution in [0.4, 0.5) is 0 Å². The topological polar surface area (TPSA) is 63.6 Å². The largest absolute Gasteiger partial charge is 0.481 e. The number of carboxylic acid groups (broad SMARTS) is 1. The summed E-state index contributed by atoms with van der Waals surface area (Å²) in [6.07, 6.45) is 31.3. The Kier molecular flexibility index (Phi) is 24.8. The Morgan fingerprint density at radius 1 is 0.735 bits per heavy atom. The monoisotopic (exact) mass is 478 g/mol. The molecular formula is C30H54O4. The van der Waals surface area contributed by atoms with Gasteiger partial charge in [0.25, 0.3) is 0 Å². The van der Waals surface area contributed by atoms with Crippen molar-refractivity contribution >= 4 is 11.9 Å². The Morgan fingerprint density at radius 3 is 1.62 bits per heavy atom. The van der Waals surface area contributed by atoms with Gasteiger partial charge in [-0.1, -0.05) is 128 Å². The molecule has 1 atom stereocenters. The summed E-state index contributed by atoms with van der Waals surface area (Å²) in [4.78, 5) is 22.9. The minimum Gasteiger partial charge on any atom is -0.481 e. The van der Waals surface area contributed by atoms with Crippen LogP contribution in [0, 0.1) is 5.92 Å². The molecule has 1 unspecified atom stereocenters. The fourth-order valence-corrected chi connectivity index (χ4v) is 4.30. The van der Waals surface area contributed by atoms with Crippen LogP contribution in [0.15, 0.2) is 24.8 Å². The molecule has 0 amide bonds. The van der Waals surface area contributed by atoms with Crippen molar-refractivity contribution in [3.05, 3.63) is 24.8 Å². The molecule has 0 rings (SSSR count). The Labute approximate surface area is 210 Å². The van der Waals surface area contributed by atoms with Gasteiger partial charge in [0, 0.05) is 0 Å². The van der Waals surface area contributed by atoms with Gasteiger partial charge in [-0.05, 0) is 32.1 Å². The first-order valence-corrected chi connectivity index (χ1v) is 14.3. The highest BCUT2D eigenvalue weighted by molar-refractivity contribution is 5.79. The Morgan fingerprint density at radius 2 is 1.18 bits per heavy atom. The van der Waals surface area contributed by atoms with E-state index in [-0.39, 0.29) is 13.0 Å². The molecule has 0 aromatic heterocycles. The zero-order valence-electron chi connectivity index (χ0n) is 22.2. The van der Waals surface area contributed by atoms with Gasteiger partial charge in [0.05, 0.1) is 12.3 Å². The summed E-state index contributed by atoms with van der Waals surface area (Å²) in [6, 6.07) is 0. The number of hydrogen-bond donors (Lipinski definition) is 1. The summed E-state index contributed by atoms with van der Waals surface area (Å²) in [5.41, 5.74) is 0. The first-order chi connectivity index (χ1) is 16.6. The Balaban J connectivity index is 3.46. The van der Waals surface area contributed by atoms with E-state index in [4.69, 9.17) is 9.84 Å². The number of rotatable bonds is 26. The Hall–Kier alpha value is -1.58. The zero-order chi connectivity index (χ0) is 25.1. The van der Waals surface area contributed by atoms with Crippen molar-refractivity contribution in [3.8, 4) is 0 Å². The van der Waals surface area contributed by atoms with Crippen molar-refractivity contribution in [3.63, 3.8) is 0 Å². The number of esters is 1. The molecule has 0 bridgehead atoms. The highest BCUT2D eigenvalue weighted by Crippen LogP contribution is 2.17. The number of unbranched alkanes of at least 4 members (excludes halogenated alkanes) is 17. The van der Waals surface area contributed by atoms with Crippen molar-refractivity contribution in [2.75, 3.05) is 6.61 Å². The van der Waals surface area contributed by atoms with Crippen LogP contribution < -0.4 is 0 Å². The molecule has 0 saturated carbocycles. The molecule has 0 spiro atoms. The summed E-state index contributed by atoms with van der Waals surface area (Å²) >= 11 is 0. The molecule has 0 aliphatic heterocycles. The molecule has 0 aliphatic carbocycles. The van der Waals surface area contributed by atoms with Crippen LogP contribution in [-0.4, -0.2) is 23.7 Å². The van der Waals surface area contributed by atoms with E-state index in [1.54, 1.807) is 0 Å². The minimum absolute atomic E-state index is 0.136. The Bertz CT molecular complexity index is 512. The third-order valence-corrected chi connectivity index (χ3v) is 6.41. The molecule has 0 aliphatic rings. The van der Waals surface area contributed by atoms with Gasteiger partial charge in [-0.2, -0.15) is 0 Å². The molecular weight excluding hydrogens is 424 g/mol. The normalized spacial score (nSPS) is 12.1. The van der Waals surface area contributed by atoms with E-state index in [1.165, 1.54) is 102 Å². The number of ether oxygens (including phenoxy) is 1. The molecule has 0 aromatic carbocycles. The fourth-order valence-electron chi connectivity index (χ4n) is 4.30. The first-order valence-electron chi connectivity index (χ1n) is 14.3. The van der Waals surface area contributed by atoms with E-state index >= 15 is 0 Å². The first kappa shape index (κ1) is 32.4. The summed E-state index contributed by atoms with van der Waals surface area (Å²) in [7, 11) is 0. The maximum Gasteiger partial charge on any atom is 0.309 e. The lowest BCUT2D eigenvalue weighted by Crippen LogP contribution is -2.21. The van der Waals surface area contributed by atoms with Crippen molar-refractivity contribution in [1.82, 2.24) is 0 Å². The van der Waals surface area contributed by atoms with Crippen LogP contribution in [-0.2, 0) is 14.3 Å². The van der Waals surface area contributed by atoms with Crippen molar-refractivity contribution in [2.45, 2.75) is 142 Å². The molecule has 4 heteroatoms. The van der Waals surface area contributed by atoms with Crippen LogP contribution in [0.25, 0.3) is 0 Å². The number of allylic oxidation sites excluding steroid dienone is 2. The number of carbonyl (C=O) groups is 2. The molecule has 198 valence electrons. The van der Waals surface area contributed by atoms with Gasteiger partial charge in [0.15, 0.2) is 0 Å². The fraction of sp³-hybridized carbons (Fsp3) is 0.800. The summed E-state index contributed by atoms with van der Waals surface area (Å²) in [5, 5.41) is 8.99. The van der Waals surface area contributed by atoms with Crippen LogP contribution in [0.3, 0.4) is 0 Å². The van der Waals surface area contributed by atoms with Gasteiger partial charge >= 0.3 is 11.9 Å². The summed E-state index contributed by atoms with van der Waals surface area (Å²) in [6.45, 7) is 5.92. The summed E-state index contributed by atoms with van der Waals surface area (Å²) < 4.78 is 5.02. The minimum atomic E-state index is -0.955. The van der Waals surface area contributed by atoms with E-state index in [1.807, 2.05) is 0 Å². The average molecular weight is 479 g/mol. The standard InChI is InChI=1S/C30H54O4/c1-3-5-6-7-8-9-10-11-12-13-14-15-16-17-18-19-20-21-22-23-24-25-28(27-29(31)32)30(33)34-26-4-2/h4,20-21,28H,2-3,5-19,22-27H2,1H3,(H,31,32)/b21-20+. The average Bonchev–Trinajstić information content (AvgIpc) is 2.82. The zero-order valence-corrected chi connectivity index (χ0v) is 22.2. The number of aliphatic carboxylic acids is 1. The van der Waals surface area contributed by atoms with Gasteiger partial charge < -0.3 is 9.84 Å². The van der Waals surface area contributed by atoms with Gasteiger partial charge in [0.2, 0.25) is 0 Å². The van der Waals surface area contributed by atoms with E-state index in [9.17, 15) is 9.59 Å². The smallest absolute Gasteiger partial charge is 0.309 e. The molecule has 1 N–H and O–H groups in total. The molecule has 0 heterocycles. The lowest BCUT2D eigenvalue weighted by atomic mass is 9.98. The summed E-state index contributed by atoms with van der Waals surface area (Å²) in [5.74, 6) is -1.93. The van der Waals surface area contributed by atoms with Crippen LogP contribution >= 0.6 is 0 Å². The predicted molar refractivity (Wildman–Crippen MR) is 144 cm³/mol. The maximum absolute atomic E-state index is 11.9. The van der Waals surface area contributed by atoms with Crippen LogP contribution in [0.1, 0.15) is 142 Å².